The molecular formula is C17H28N6O. The van der Waals surface area contributed by atoms with Gasteiger partial charge in [0.2, 0.25) is 0 Å². The van der Waals surface area contributed by atoms with Crippen LogP contribution in [0.15, 0.2) is 0 Å². The minimum Gasteiger partial charge on any atom is -0.382 e. The number of piperidine rings is 1. The Kier molecular flexibility index (Phi) is 4.99. The van der Waals surface area contributed by atoms with Crippen LogP contribution in [0.4, 0.5) is 5.82 Å². The van der Waals surface area contributed by atoms with E-state index in [1.807, 2.05) is 11.6 Å². The van der Waals surface area contributed by atoms with Crippen molar-refractivity contribution in [1.29, 1.82) is 0 Å². The van der Waals surface area contributed by atoms with Crippen LogP contribution in [0.1, 0.15) is 45.5 Å². The highest BCUT2D eigenvalue weighted by Gasteiger charge is 2.27. The van der Waals surface area contributed by atoms with Gasteiger partial charge in [-0.2, -0.15) is 0 Å². The Morgan fingerprint density at radius 3 is 2.54 bits per heavy atom. The highest BCUT2D eigenvalue weighted by atomic mass is 16.5. The zero-order valence-corrected chi connectivity index (χ0v) is 15.4. The zero-order valence-electron chi connectivity index (χ0n) is 15.4. The number of aryl methyl sites for hydroxylation is 1. The summed E-state index contributed by atoms with van der Waals surface area (Å²) in [6.07, 6.45) is 2.19. The van der Waals surface area contributed by atoms with Crippen molar-refractivity contribution >= 4 is 17.0 Å². The predicted octanol–water partition coefficient (Wildman–Crippen LogP) is 2.61. The number of anilines is 1. The number of ether oxygens (including phenoxy) is 1. The molecule has 1 fully saturated rings. The second kappa shape index (κ2) is 7.01. The van der Waals surface area contributed by atoms with E-state index in [1.165, 1.54) is 6.42 Å². The first kappa shape index (κ1) is 17.1. The van der Waals surface area contributed by atoms with Crippen LogP contribution in [0, 0.1) is 18.8 Å². The van der Waals surface area contributed by atoms with Gasteiger partial charge in [-0.25, -0.2) is 14.6 Å². The lowest BCUT2D eigenvalue weighted by atomic mass is 9.92. The van der Waals surface area contributed by atoms with E-state index in [4.69, 9.17) is 9.72 Å². The summed E-state index contributed by atoms with van der Waals surface area (Å²) in [6.45, 7) is 11.3. The Morgan fingerprint density at radius 2 is 1.92 bits per heavy atom. The summed E-state index contributed by atoms with van der Waals surface area (Å²) in [5.41, 5.74) is 1.61. The summed E-state index contributed by atoms with van der Waals surface area (Å²) >= 11 is 0. The molecule has 0 spiro atoms. The standard InChI is InChI=1S/C17H28N6O/c1-6-14(10-24-5)23-17-15(20-21-23)16(18-13(4)19-17)22-8-11(2)7-12(3)9-22/h11-12,14H,6-10H2,1-5H3. The van der Waals surface area contributed by atoms with Crippen LogP contribution in [-0.4, -0.2) is 51.8 Å². The molecule has 3 unspecified atom stereocenters. The smallest absolute Gasteiger partial charge is 0.184 e. The van der Waals surface area contributed by atoms with Crippen molar-refractivity contribution in [3.05, 3.63) is 5.82 Å². The number of aromatic nitrogens is 5. The Hall–Kier alpha value is -1.76. The predicted molar refractivity (Wildman–Crippen MR) is 94.2 cm³/mol. The van der Waals surface area contributed by atoms with E-state index in [0.717, 1.165) is 42.3 Å². The third-order valence-corrected chi connectivity index (χ3v) is 4.76. The minimum absolute atomic E-state index is 0.140. The summed E-state index contributed by atoms with van der Waals surface area (Å²) in [5, 5.41) is 8.80. The fourth-order valence-corrected chi connectivity index (χ4v) is 3.78. The Bertz CT molecular complexity index is 690. The number of nitrogens with zero attached hydrogens (tertiary/aromatic N) is 6. The largest absolute Gasteiger partial charge is 0.382 e. The monoisotopic (exact) mass is 332 g/mol. The lowest BCUT2D eigenvalue weighted by Crippen LogP contribution is -2.39. The van der Waals surface area contributed by atoms with Gasteiger partial charge in [0, 0.05) is 20.2 Å². The molecule has 3 heterocycles. The topological polar surface area (TPSA) is 69.0 Å². The molecule has 1 saturated heterocycles. The third-order valence-electron chi connectivity index (χ3n) is 4.76. The molecule has 0 N–H and O–H groups in total. The van der Waals surface area contributed by atoms with Crippen LogP contribution in [0.3, 0.4) is 0 Å². The van der Waals surface area contributed by atoms with Crippen molar-refractivity contribution in [3.8, 4) is 0 Å². The molecule has 0 amide bonds. The van der Waals surface area contributed by atoms with Gasteiger partial charge in [0.05, 0.1) is 12.6 Å². The summed E-state index contributed by atoms with van der Waals surface area (Å²) in [4.78, 5) is 11.7. The fraction of sp³-hybridized carbons (Fsp3) is 0.765. The van der Waals surface area contributed by atoms with E-state index in [0.29, 0.717) is 18.4 Å². The summed E-state index contributed by atoms with van der Waals surface area (Å²) < 4.78 is 7.23. The lowest BCUT2D eigenvalue weighted by Gasteiger charge is -2.35. The molecule has 0 radical (unpaired) electrons. The highest BCUT2D eigenvalue weighted by Crippen LogP contribution is 2.30. The zero-order chi connectivity index (χ0) is 17.3. The summed E-state index contributed by atoms with van der Waals surface area (Å²) in [5.74, 6) is 3.01. The van der Waals surface area contributed by atoms with Gasteiger partial charge >= 0.3 is 0 Å². The molecular weight excluding hydrogens is 304 g/mol. The van der Waals surface area contributed by atoms with Gasteiger partial charge in [0.25, 0.3) is 0 Å². The van der Waals surface area contributed by atoms with Crippen LogP contribution in [0.2, 0.25) is 0 Å². The average Bonchev–Trinajstić information content (AvgIpc) is 2.94. The van der Waals surface area contributed by atoms with E-state index >= 15 is 0 Å². The van der Waals surface area contributed by atoms with E-state index < -0.39 is 0 Å². The van der Waals surface area contributed by atoms with Crippen molar-refractivity contribution in [2.45, 2.75) is 46.6 Å². The SMILES string of the molecule is CCC(COC)n1nnc2c(N3CC(C)CC(C)C3)nc(C)nc21. The summed E-state index contributed by atoms with van der Waals surface area (Å²) in [7, 11) is 1.71. The van der Waals surface area contributed by atoms with Crippen LogP contribution in [0.25, 0.3) is 11.2 Å². The van der Waals surface area contributed by atoms with Crippen LogP contribution in [-0.2, 0) is 4.74 Å². The van der Waals surface area contributed by atoms with Gasteiger partial charge in [-0.15, -0.1) is 5.10 Å². The van der Waals surface area contributed by atoms with Gasteiger partial charge in [-0.05, 0) is 31.6 Å². The lowest BCUT2D eigenvalue weighted by molar-refractivity contribution is 0.148. The molecule has 2 aromatic heterocycles. The molecule has 2 aromatic rings. The molecule has 3 rings (SSSR count). The van der Waals surface area contributed by atoms with Gasteiger partial charge in [-0.1, -0.05) is 26.0 Å². The van der Waals surface area contributed by atoms with Crippen molar-refractivity contribution < 1.29 is 4.74 Å². The minimum atomic E-state index is 0.140. The number of hydrogen-bond donors (Lipinski definition) is 0. The normalized spacial score (nSPS) is 23.0. The quantitative estimate of drug-likeness (QED) is 0.838. The Morgan fingerprint density at radius 1 is 1.21 bits per heavy atom. The molecule has 7 nitrogen and oxygen atoms in total. The van der Waals surface area contributed by atoms with Crippen molar-refractivity contribution in [1.82, 2.24) is 25.0 Å². The molecule has 24 heavy (non-hydrogen) atoms. The van der Waals surface area contributed by atoms with Crippen molar-refractivity contribution in [2.75, 3.05) is 31.7 Å². The highest BCUT2D eigenvalue weighted by molar-refractivity contribution is 5.83. The maximum atomic E-state index is 5.33. The first-order valence-corrected chi connectivity index (χ1v) is 8.86. The summed E-state index contributed by atoms with van der Waals surface area (Å²) in [6, 6.07) is 0.140. The van der Waals surface area contributed by atoms with E-state index in [9.17, 15) is 0 Å². The first-order chi connectivity index (χ1) is 11.5. The van der Waals surface area contributed by atoms with Gasteiger partial charge < -0.3 is 9.64 Å². The third kappa shape index (κ3) is 3.22. The van der Waals surface area contributed by atoms with E-state index in [-0.39, 0.29) is 6.04 Å². The van der Waals surface area contributed by atoms with Crippen LogP contribution < -0.4 is 4.90 Å². The fourth-order valence-electron chi connectivity index (χ4n) is 3.78. The number of methoxy groups -OCH3 is 1. The maximum absolute atomic E-state index is 5.33. The van der Waals surface area contributed by atoms with Gasteiger partial charge in [0.15, 0.2) is 17.0 Å². The molecule has 132 valence electrons. The molecule has 0 saturated carbocycles. The van der Waals surface area contributed by atoms with Gasteiger partial charge in [0.1, 0.15) is 5.82 Å². The molecule has 1 aliphatic rings. The second-order valence-corrected chi connectivity index (χ2v) is 7.17. The number of hydrogen-bond acceptors (Lipinski definition) is 6. The number of rotatable bonds is 5. The van der Waals surface area contributed by atoms with E-state index in [2.05, 4.69) is 41.0 Å². The maximum Gasteiger partial charge on any atom is 0.184 e. The van der Waals surface area contributed by atoms with Crippen molar-refractivity contribution in [3.63, 3.8) is 0 Å². The number of fused-ring (bicyclic) bond motifs is 1. The molecule has 0 aromatic carbocycles. The van der Waals surface area contributed by atoms with Gasteiger partial charge in [-0.3, -0.25) is 0 Å². The first-order valence-electron chi connectivity index (χ1n) is 8.86. The van der Waals surface area contributed by atoms with Crippen LogP contribution in [0.5, 0.6) is 0 Å². The Labute approximate surface area is 143 Å². The molecule has 0 bridgehead atoms. The molecule has 7 heteroatoms. The van der Waals surface area contributed by atoms with E-state index in [1.54, 1.807) is 7.11 Å². The molecule has 1 aliphatic heterocycles. The molecule has 0 aliphatic carbocycles. The molecule has 3 atom stereocenters. The van der Waals surface area contributed by atoms with Crippen LogP contribution >= 0.6 is 0 Å². The average molecular weight is 332 g/mol. The Balaban J connectivity index is 2.05. The second-order valence-electron chi connectivity index (χ2n) is 7.17. The van der Waals surface area contributed by atoms with Crippen molar-refractivity contribution in [2.24, 2.45) is 11.8 Å².